The first kappa shape index (κ1) is 55.2. The van der Waals surface area contributed by atoms with Crippen molar-refractivity contribution in [3.05, 3.63) is 70.8 Å². The highest BCUT2D eigenvalue weighted by Gasteiger charge is 2.40. The van der Waals surface area contributed by atoms with Crippen molar-refractivity contribution in [3.63, 3.8) is 0 Å². The van der Waals surface area contributed by atoms with Crippen LogP contribution in [0.5, 0.6) is 69.0 Å². The van der Waals surface area contributed by atoms with Crippen LogP contribution in [0.4, 0.5) is 0 Å². The molecule has 0 saturated carbocycles. The Morgan fingerprint density at radius 1 is 0.365 bits per heavy atom. The normalized spacial score (nSPS) is 13.2. The molecule has 0 spiro atoms. The molecular formula is C49H42O25. The van der Waals surface area contributed by atoms with Gasteiger partial charge >= 0.3 is 71.6 Å². The molecule has 0 N–H and O–H groups in total. The van der Waals surface area contributed by atoms with E-state index >= 15 is 0 Å². The molecule has 0 saturated heterocycles. The second-order valence-corrected chi connectivity index (χ2v) is 15.4. The number of ether oxygens (including phenoxy) is 13. The maximum Gasteiger partial charge on any atom is 0.343 e. The summed E-state index contributed by atoms with van der Waals surface area (Å²) >= 11 is 0. The van der Waals surface area contributed by atoms with E-state index in [1.54, 1.807) is 0 Å². The van der Waals surface area contributed by atoms with Gasteiger partial charge in [0, 0.05) is 98.9 Å². The zero-order valence-electron chi connectivity index (χ0n) is 40.7. The van der Waals surface area contributed by atoms with Gasteiger partial charge < -0.3 is 61.6 Å². The second kappa shape index (κ2) is 23.5. The number of fused-ring (bicyclic) bond motifs is 1. The van der Waals surface area contributed by atoms with Crippen molar-refractivity contribution >= 4 is 71.6 Å². The largest absolute Gasteiger partial charge is 0.481 e. The fourth-order valence-corrected chi connectivity index (χ4v) is 6.76. The van der Waals surface area contributed by atoms with Gasteiger partial charge in [-0.15, -0.1) is 0 Å². The van der Waals surface area contributed by atoms with Crippen LogP contribution >= 0.6 is 0 Å². The molecule has 388 valence electrons. The van der Waals surface area contributed by atoms with E-state index in [0.29, 0.717) is 0 Å². The van der Waals surface area contributed by atoms with Gasteiger partial charge in [-0.1, -0.05) is 0 Å². The summed E-state index contributed by atoms with van der Waals surface area (Å²) in [6, 6.07) is 8.02. The lowest BCUT2D eigenvalue weighted by Gasteiger charge is -2.34. The van der Waals surface area contributed by atoms with E-state index in [4.69, 9.17) is 61.6 Å². The lowest BCUT2D eigenvalue weighted by molar-refractivity contribution is -0.135. The predicted octanol–water partition coefficient (Wildman–Crippen LogP) is 5.06. The van der Waals surface area contributed by atoms with Crippen LogP contribution in [0.25, 0.3) is 0 Å². The van der Waals surface area contributed by atoms with E-state index in [2.05, 4.69) is 0 Å². The molecule has 5 rings (SSSR count). The zero-order valence-corrected chi connectivity index (χ0v) is 40.7. The molecule has 0 amide bonds. The molecular weight excluding hydrogens is 989 g/mol. The van der Waals surface area contributed by atoms with E-state index in [1.165, 1.54) is 6.07 Å². The topological polar surface area (TPSA) is 325 Å². The molecule has 1 aliphatic rings. The van der Waals surface area contributed by atoms with Gasteiger partial charge in [0.2, 0.25) is 17.2 Å². The Bertz CT molecular complexity index is 2980. The van der Waals surface area contributed by atoms with Gasteiger partial charge in [-0.3, -0.25) is 47.9 Å². The van der Waals surface area contributed by atoms with Crippen molar-refractivity contribution in [1.82, 2.24) is 0 Å². The van der Waals surface area contributed by atoms with Crippen LogP contribution in [0.2, 0.25) is 0 Å². The summed E-state index contributed by atoms with van der Waals surface area (Å²) < 4.78 is 70.7. The van der Waals surface area contributed by atoms with Gasteiger partial charge in [-0.25, -0.2) is 9.59 Å². The molecule has 1 heterocycles. The smallest absolute Gasteiger partial charge is 0.343 e. The molecule has 1 aliphatic heterocycles. The van der Waals surface area contributed by atoms with E-state index < -0.39 is 153 Å². The zero-order chi connectivity index (χ0) is 54.9. The van der Waals surface area contributed by atoms with Crippen LogP contribution in [0.1, 0.15) is 107 Å². The Kier molecular flexibility index (Phi) is 17.5. The molecule has 2 atom stereocenters. The summed E-state index contributed by atoms with van der Waals surface area (Å²) in [6.07, 6.45) is -3.76. The van der Waals surface area contributed by atoms with Crippen LogP contribution in [-0.2, 0) is 59.1 Å². The van der Waals surface area contributed by atoms with Gasteiger partial charge in [0.25, 0.3) is 0 Å². The Morgan fingerprint density at radius 3 is 1.05 bits per heavy atom. The van der Waals surface area contributed by atoms with Gasteiger partial charge in [-0.05, 0) is 36.4 Å². The highest BCUT2D eigenvalue weighted by Crippen LogP contribution is 2.49. The summed E-state index contributed by atoms with van der Waals surface area (Å²) in [7, 11) is 0. The average molecular weight is 1030 g/mol. The quantitative estimate of drug-likeness (QED) is 0.111. The second-order valence-electron chi connectivity index (χ2n) is 15.4. The maximum atomic E-state index is 14.4. The summed E-state index contributed by atoms with van der Waals surface area (Å²) in [4.78, 5) is 151. The van der Waals surface area contributed by atoms with Gasteiger partial charge in [0.05, 0.1) is 11.1 Å². The van der Waals surface area contributed by atoms with Crippen LogP contribution < -0.4 is 56.8 Å². The number of hydrogen-bond donors (Lipinski definition) is 0. The summed E-state index contributed by atoms with van der Waals surface area (Å²) in [5, 5.41) is 0. The molecule has 2 unspecified atom stereocenters. The van der Waals surface area contributed by atoms with E-state index in [9.17, 15) is 57.5 Å². The molecule has 4 aromatic rings. The summed E-state index contributed by atoms with van der Waals surface area (Å²) in [5.74, 6) is -18.4. The first-order chi connectivity index (χ1) is 34.7. The molecule has 25 nitrogen and oxygen atoms in total. The fourth-order valence-electron chi connectivity index (χ4n) is 6.76. The standard InChI is InChI=1S/C49H42O25/c1-20(50)62-33-17-35(63-21(2)51)34-19-43(74-49(61)32-15-40(67-25(6)55)46(70-28(9)58)41(16-32)68-26(7)56)44(72-36(34)18-33)30-11-37(64-22(3)52)47(71-29(10)59)42(12-30)73-48(60)31-13-38(65-23(4)53)45(69-27(8)57)39(14-31)66-24(5)54/h11-18,43-44H,19H2,1-10H3. The van der Waals surface area contributed by atoms with Crippen molar-refractivity contribution in [1.29, 1.82) is 0 Å². The van der Waals surface area contributed by atoms with Crippen molar-refractivity contribution in [2.24, 2.45) is 0 Å². The number of carbonyl (C=O) groups is 12. The minimum absolute atomic E-state index is 0.0318. The van der Waals surface area contributed by atoms with E-state index in [-0.39, 0.29) is 28.4 Å². The maximum absolute atomic E-state index is 14.4. The Balaban J connectivity index is 1.78. The molecule has 25 heteroatoms. The number of carbonyl (C=O) groups excluding carboxylic acids is 12. The van der Waals surface area contributed by atoms with Crippen LogP contribution in [0.3, 0.4) is 0 Å². The average Bonchev–Trinajstić information content (AvgIpc) is 3.24. The van der Waals surface area contributed by atoms with Crippen molar-refractivity contribution in [3.8, 4) is 69.0 Å². The molecule has 0 bridgehead atoms. The van der Waals surface area contributed by atoms with Gasteiger partial charge in [-0.2, -0.15) is 0 Å². The van der Waals surface area contributed by atoms with Crippen LogP contribution in [0.15, 0.2) is 48.5 Å². The molecule has 0 aromatic heterocycles. The number of rotatable bonds is 15. The van der Waals surface area contributed by atoms with Gasteiger partial charge in [0.15, 0.2) is 40.6 Å². The lowest BCUT2D eigenvalue weighted by Crippen LogP contribution is -2.35. The fraction of sp³-hybridized carbons (Fsp3) is 0.265. The number of hydrogen-bond acceptors (Lipinski definition) is 25. The highest BCUT2D eigenvalue weighted by atomic mass is 16.6. The lowest BCUT2D eigenvalue weighted by atomic mass is 9.93. The summed E-state index contributed by atoms with van der Waals surface area (Å²) in [6.45, 7) is 9.90. The minimum Gasteiger partial charge on any atom is -0.481 e. The van der Waals surface area contributed by atoms with E-state index in [0.717, 1.165) is 112 Å². The predicted molar refractivity (Wildman–Crippen MR) is 240 cm³/mol. The molecule has 0 aliphatic carbocycles. The van der Waals surface area contributed by atoms with Gasteiger partial charge in [0.1, 0.15) is 23.4 Å². The molecule has 4 aromatic carbocycles. The third-order valence-electron chi connectivity index (χ3n) is 9.01. The first-order valence-corrected chi connectivity index (χ1v) is 21.3. The van der Waals surface area contributed by atoms with Crippen molar-refractivity contribution in [2.45, 2.75) is 87.9 Å². The Hall–Kier alpha value is -9.68. The number of esters is 12. The SMILES string of the molecule is CC(=O)Oc1cc(OC(C)=O)c2c(c1)OC(c1cc(OC(C)=O)c(OC(C)=O)c(OC(=O)c3cc(OC(C)=O)c(OC(C)=O)c(OC(C)=O)c3)c1)C(OC(=O)c1cc(OC(C)=O)c(OC(C)=O)c(OC(C)=O)c1)C2. The van der Waals surface area contributed by atoms with Crippen molar-refractivity contribution in [2.75, 3.05) is 0 Å². The Morgan fingerprint density at radius 2 is 0.689 bits per heavy atom. The minimum atomic E-state index is -1.67. The Labute approximate surface area is 417 Å². The monoisotopic (exact) mass is 1030 g/mol. The van der Waals surface area contributed by atoms with Crippen molar-refractivity contribution < 1.29 is 119 Å². The summed E-state index contributed by atoms with van der Waals surface area (Å²) in [5.41, 5.74) is -1.24. The molecule has 74 heavy (non-hydrogen) atoms. The molecule has 0 fully saturated rings. The molecule has 0 radical (unpaired) electrons. The van der Waals surface area contributed by atoms with Crippen LogP contribution in [0, 0.1) is 0 Å². The third kappa shape index (κ3) is 14.7. The van der Waals surface area contributed by atoms with E-state index in [1.807, 2.05) is 0 Å². The van der Waals surface area contributed by atoms with Crippen LogP contribution in [-0.4, -0.2) is 77.7 Å². The first-order valence-electron chi connectivity index (χ1n) is 21.3. The highest BCUT2D eigenvalue weighted by molar-refractivity contribution is 5.95. The third-order valence-corrected chi connectivity index (χ3v) is 9.01. The number of benzene rings is 4.